The van der Waals surface area contributed by atoms with Crippen LogP contribution in [0.3, 0.4) is 0 Å². The van der Waals surface area contributed by atoms with E-state index in [1.165, 1.54) is 22.3 Å². The van der Waals surface area contributed by atoms with Crippen molar-refractivity contribution in [3.8, 4) is 0 Å². The highest BCUT2D eigenvalue weighted by Crippen LogP contribution is 2.56. The second-order valence-electron chi connectivity index (χ2n) is 5.25. The Labute approximate surface area is 119 Å². The fraction of sp³-hybridized carbons (Fsp3) is 0.357. The van der Waals surface area contributed by atoms with E-state index in [9.17, 15) is 9.18 Å². The number of amides is 1. The number of fused-ring (bicyclic) bond motifs is 5. The van der Waals surface area contributed by atoms with Gasteiger partial charge in [-0.1, -0.05) is 29.8 Å². The van der Waals surface area contributed by atoms with Crippen LogP contribution in [-0.2, 0) is 4.79 Å². The van der Waals surface area contributed by atoms with Crippen molar-refractivity contribution in [2.75, 3.05) is 4.31 Å². The molecule has 4 rings (SSSR count). The van der Waals surface area contributed by atoms with Gasteiger partial charge in [0.25, 0.3) is 0 Å². The van der Waals surface area contributed by atoms with Gasteiger partial charge < -0.3 is 0 Å². The van der Waals surface area contributed by atoms with Crippen LogP contribution in [0.5, 0.6) is 0 Å². The van der Waals surface area contributed by atoms with Crippen molar-refractivity contribution in [1.29, 1.82) is 0 Å². The monoisotopic (exact) mass is 295 g/mol. The van der Waals surface area contributed by atoms with Gasteiger partial charge in [-0.2, -0.15) is 0 Å². The van der Waals surface area contributed by atoms with E-state index in [-0.39, 0.29) is 27.8 Å². The maximum atomic E-state index is 14.1. The summed E-state index contributed by atoms with van der Waals surface area (Å²) < 4.78 is 15.6. The van der Waals surface area contributed by atoms with Crippen LogP contribution in [0.15, 0.2) is 30.4 Å². The van der Waals surface area contributed by atoms with Crippen LogP contribution in [0.4, 0.5) is 10.1 Å². The molecule has 4 atom stereocenters. The van der Waals surface area contributed by atoms with E-state index in [1.807, 2.05) is 0 Å². The van der Waals surface area contributed by atoms with E-state index >= 15 is 0 Å². The lowest BCUT2D eigenvalue weighted by atomic mass is 9.92. The van der Waals surface area contributed by atoms with Crippen LogP contribution < -0.4 is 4.31 Å². The van der Waals surface area contributed by atoms with Crippen molar-refractivity contribution in [2.24, 2.45) is 17.8 Å². The summed E-state index contributed by atoms with van der Waals surface area (Å²) in [7, 11) is 0. The molecule has 0 N–H and O–H groups in total. The molecule has 1 aliphatic heterocycles. The van der Waals surface area contributed by atoms with Gasteiger partial charge >= 0.3 is 0 Å². The van der Waals surface area contributed by atoms with Gasteiger partial charge in [-0.3, -0.25) is 9.10 Å². The first-order valence-electron chi connectivity index (χ1n) is 6.30. The van der Waals surface area contributed by atoms with Crippen LogP contribution in [0.2, 0.25) is 5.02 Å². The molecule has 1 saturated carbocycles. The molecule has 0 aromatic heterocycles. The number of halogens is 2. The van der Waals surface area contributed by atoms with E-state index in [0.717, 1.165) is 6.42 Å². The fourth-order valence-electron chi connectivity index (χ4n) is 3.38. The summed E-state index contributed by atoms with van der Waals surface area (Å²) in [5.41, 5.74) is 0.288. The molecule has 1 aromatic carbocycles. The third-order valence-corrected chi connectivity index (χ3v) is 6.02. The van der Waals surface area contributed by atoms with Crippen molar-refractivity contribution in [2.45, 2.75) is 11.7 Å². The van der Waals surface area contributed by atoms with Crippen LogP contribution >= 0.6 is 23.5 Å². The number of hydrogen-bond acceptors (Lipinski definition) is 2. The Balaban J connectivity index is 1.72. The number of nitrogens with zero attached hydrogens (tertiary/aromatic N) is 1. The molecular formula is C14H11ClFNOS. The largest absolute Gasteiger partial charge is 0.273 e. The second kappa shape index (κ2) is 4.00. The summed E-state index contributed by atoms with van der Waals surface area (Å²) in [4.78, 5) is 12.5. The molecule has 98 valence electrons. The van der Waals surface area contributed by atoms with Gasteiger partial charge in [0, 0.05) is 5.25 Å². The number of allylic oxidation sites excluding steroid dienone is 2. The van der Waals surface area contributed by atoms with E-state index in [0.29, 0.717) is 11.8 Å². The van der Waals surface area contributed by atoms with Crippen molar-refractivity contribution in [3.05, 3.63) is 41.2 Å². The topological polar surface area (TPSA) is 20.3 Å². The molecule has 3 aliphatic rings. The maximum Gasteiger partial charge on any atom is 0.242 e. The molecule has 1 saturated heterocycles. The minimum Gasteiger partial charge on any atom is -0.273 e. The Kier molecular flexibility index (Phi) is 2.48. The highest BCUT2D eigenvalue weighted by molar-refractivity contribution is 8.02. The fourth-order valence-corrected chi connectivity index (χ4v) is 5.08. The summed E-state index contributed by atoms with van der Waals surface area (Å²) in [6.45, 7) is 0. The molecule has 2 fully saturated rings. The number of hydrogen-bond donors (Lipinski definition) is 0. The highest BCUT2D eigenvalue weighted by atomic mass is 35.5. The Morgan fingerprint density at radius 2 is 2.11 bits per heavy atom. The quantitative estimate of drug-likeness (QED) is 0.582. The number of benzene rings is 1. The second-order valence-corrected chi connectivity index (χ2v) is 6.78. The van der Waals surface area contributed by atoms with Crippen LogP contribution in [0.25, 0.3) is 0 Å². The zero-order valence-corrected chi connectivity index (χ0v) is 11.5. The highest BCUT2D eigenvalue weighted by Gasteiger charge is 2.55. The number of rotatable bonds is 1. The molecule has 0 radical (unpaired) electrons. The molecule has 2 nitrogen and oxygen atoms in total. The summed E-state index contributed by atoms with van der Waals surface area (Å²) in [6.07, 6.45) is 5.41. The van der Waals surface area contributed by atoms with Crippen molar-refractivity contribution < 1.29 is 9.18 Å². The van der Waals surface area contributed by atoms with Crippen LogP contribution in [0, 0.1) is 23.6 Å². The predicted octanol–water partition coefficient (Wildman–Crippen LogP) is 3.66. The third-order valence-electron chi connectivity index (χ3n) is 4.25. The minimum absolute atomic E-state index is 0.0124. The zero-order chi connectivity index (χ0) is 13.1. The van der Waals surface area contributed by atoms with Crippen molar-refractivity contribution in [3.63, 3.8) is 0 Å². The van der Waals surface area contributed by atoms with Crippen molar-refractivity contribution in [1.82, 2.24) is 0 Å². The van der Waals surface area contributed by atoms with Gasteiger partial charge in [-0.15, -0.1) is 0 Å². The Bertz CT molecular complexity index is 605. The third kappa shape index (κ3) is 1.53. The Morgan fingerprint density at radius 1 is 1.32 bits per heavy atom. The van der Waals surface area contributed by atoms with Crippen LogP contribution in [-0.4, -0.2) is 11.2 Å². The number of anilines is 1. The van der Waals surface area contributed by atoms with Gasteiger partial charge in [0.2, 0.25) is 5.91 Å². The smallest absolute Gasteiger partial charge is 0.242 e. The Hall–Kier alpha value is -1.00. The average Bonchev–Trinajstić information content (AvgIpc) is 3.06. The predicted molar refractivity (Wildman–Crippen MR) is 74.5 cm³/mol. The molecule has 0 spiro atoms. The number of carbonyl (C=O) groups excluding carboxylic acids is 1. The molecule has 1 amide bonds. The van der Waals surface area contributed by atoms with Crippen molar-refractivity contribution >= 4 is 35.1 Å². The molecule has 1 aromatic rings. The first-order valence-corrected chi connectivity index (χ1v) is 7.51. The lowest BCUT2D eigenvalue weighted by molar-refractivity contribution is -0.120. The van der Waals surface area contributed by atoms with Gasteiger partial charge in [-0.25, -0.2) is 4.39 Å². The normalized spacial score (nSPS) is 35.3. The van der Waals surface area contributed by atoms with E-state index in [1.54, 1.807) is 12.1 Å². The average molecular weight is 296 g/mol. The molecule has 1 heterocycles. The van der Waals surface area contributed by atoms with E-state index < -0.39 is 5.82 Å². The van der Waals surface area contributed by atoms with Gasteiger partial charge in [0.05, 0.1) is 16.6 Å². The summed E-state index contributed by atoms with van der Waals surface area (Å²) in [5, 5.41) is 0.324. The first-order chi connectivity index (χ1) is 9.16. The van der Waals surface area contributed by atoms with E-state index in [4.69, 9.17) is 11.6 Å². The molecule has 2 aliphatic carbocycles. The first kappa shape index (κ1) is 11.8. The lowest BCUT2D eigenvalue weighted by Gasteiger charge is -2.18. The molecule has 5 heteroatoms. The summed E-state index contributed by atoms with van der Waals surface area (Å²) in [5.74, 6) is 0.315. The Morgan fingerprint density at radius 3 is 2.89 bits per heavy atom. The summed E-state index contributed by atoms with van der Waals surface area (Å²) >= 11 is 7.26. The minimum atomic E-state index is -0.509. The standard InChI is InChI=1S/C14H11ClFNOS/c15-9-2-1-3-10(12(9)16)17-14(18)11-7-4-5-8(6-7)13(11)19-17/h1-5,7-8,11,13H,6H2/t7?,8-,11-,13+/m0/s1. The lowest BCUT2D eigenvalue weighted by Crippen LogP contribution is -2.28. The van der Waals surface area contributed by atoms with E-state index in [2.05, 4.69) is 12.2 Å². The van der Waals surface area contributed by atoms with Gasteiger partial charge in [0.15, 0.2) is 5.82 Å². The van der Waals surface area contributed by atoms with Gasteiger partial charge in [0.1, 0.15) is 0 Å². The SMILES string of the molecule is O=C1[C@H]2C3C=C[C@@H](C3)[C@H]2SN1c1cccc(Cl)c1F. The van der Waals surface area contributed by atoms with Crippen LogP contribution in [0.1, 0.15) is 6.42 Å². The van der Waals surface area contributed by atoms with Gasteiger partial charge in [-0.05, 0) is 42.3 Å². The molecule has 19 heavy (non-hydrogen) atoms. The summed E-state index contributed by atoms with van der Waals surface area (Å²) in [6, 6.07) is 4.79. The zero-order valence-electron chi connectivity index (χ0n) is 9.92. The molecular weight excluding hydrogens is 285 g/mol. The molecule has 1 unspecified atom stereocenters. The maximum absolute atomic E-state index is 14.1. The molecule has 2 bridgehead atoms. The number of carbonyl (C=O) groups is 1.